The van der Waals surface area contributed by atoms with E-state index in [0.29, 0.717) is 30.8 Å². The van der Waals surface area contributed by atoms with Gasteiger partial charge in [0.05, 0.1) is 18.5 Å². The minimum atomic E-state index is -0.144. The number of amides is 2. The quantitative estimate of drug-likeness (QED) is 0.772. The fraction of sp³-hybridized carbons (Fsp3) is 0.684. The summed E-state index contributed by atoms with van der Waals surface area (Å²) >= 11 is 0. The third-order valence-electron chi connectivity index (χ3n) is 5.41. The Labute approximate surface area is 149 Å². The van der Waals surface area contributed by atoms with Gasteiger partial charge in [-0.25, -0.2) is 9.78 Å². The van der Waals surface area contributed by atoms with Gasteiger partial charge in [-0.05, 0) is 37.2 Å². The second-order valence-electron chi connectivity index (χ2n) is 7.14. The van der Waals surface area contributed by atoms with Gasteiger partial charge in [0, 0.05) is 19.2 Å². The van der Waals surface area contributed by atoms with Crippen LogP contribution in [0.1, 0.15) is 44.9 Å². The van der Waals surface area contributed by atoms with Crippen LogP contribution in [0, 0.1) is 11.8 Å². The molecule has 138 valence electrons. The van der Waals surface area contributed by atoms with Crippen LogP contribution in [-0.4, -0.2) is 37.4 Å². The molecule has 2 aliphatic carbocycles. The molecule has 2 amide bonds. The van der Waals surface area contributed by atoms with Crippen molar-refractivity contribution in [3.63, 3.8) is 0 Å². The van der Waals surface area contributed by atoms with Crippen LogP contribution in [-0.2, 0) is 4.74 Å². The molecule has 1 aromatic heterocycles. The number of aromatic nitrogens is 1. The van der Waals surface area contributed by atoms with E-state index in [-0.39, 0.29) is 6.03 Å². The lowest BCUT2D eigenvalue weighted by molar-refractivity contribution is 0.144. The summed E-state index contributed by atoms with van der Waals surface area (Å²) in [6, 6.07) is 3.70. The highest BCUT2D eigenvalue weighted by Crippen LogP contribution is 2.40. The number of rotatable bonds is 6. The minimum absolute atomic E-state index is 0.144. The molecular formula is C19H29N3O3. The predicted molar refractivity (Wildman–Crippen MR) is 96.8 cm³/mol. The largest absolute Gasteiger partial charge is 0.475 e. The van der Waals surface area contributed by atoms with Gasteiger partial charge in [-0.3, -0.25) is 0 Å². The number of nitrogens with one attached hydrogen (secondary N) is 2. The number of nitrogens with zero attached hydrogens (tertiary/aromatic N) is 1. The second-order valence-corrected chi connectivity index (χ2v) is 7.14. The monoisotopic (exact) mass is 347 g/mol. The van der Waals surface area contributed by atoms with E-state index in [2.05, 4.69) is 15.6 Å². The van der Waals surface area contributed by atoms with Crippen molar-refractivity contribution < 1.29 is 14.3 Å². The van der Waals surface area contributed by atoms with Crippen LogP contribution >= 0.6 is 0 Å². The van der Waals surface area contributed by atoms with Gasteiger partial charge in [0.2, 0.25) is 5.88 Å². The molecule has 0 spiro atoms. The second kappa shape index (κ2) is 9.04. The zero-order chi connectivity index (χ0) is 17.5. The standard InChI is InChI=1S/C19H29N3O3/c1-24-10-11-25-18-9-8-17(13-20-18)22-19(23)21-16-7-6-14-4-2-3-5-15(14)12-16/h8-9,13-16H,2-7,10-12H2,1H3,(H2,21,22,23). The van der Waals surface area contributed by atoms with Crippen molar-refractivity contribution in [1.82, 2.24) is 10.3 Å². The van der Waals surface area contributed by atoms with Gasteiger partial charge in [-0.15, -0.1) is 0 Å². The summed E-state index contributed by atoms with van der Waals surface area (Å²) in [5, 5.41) is 5.99. The molecule has 0 bridgehead atoms. The van der Waals surface area contributed by atoms with Crippen molar-refractivity contribution >= 4 is 11.7 Å². The lowest BCUT2D eigenvalue weighted by Crippen LogP contribution is -2.43. The zero-order valence-corrected chi connectivity index (χ0v) is 15.0. The van der Waals surface area contributed by atoms with Crippen molar-refractivity contribution in [3.05, 3.63) is 18.3 Å². The number of carbonyl (C=O) groups is 1. The van der Waals surface area contributed by atoms with Crippen molar-refractivity contribution in [2.24, 2.45) is 11.8 Å². The fourth-order valence-electron chi connectivity index (χ4n) is 4.13. The molecule has 0 aromatic carbocycles. The molecule has 1 heterocycles. The Kier molecular flexibility index (Phi) is 6.50. The SMILES string of the molecule is COCCOc1ccc(NC(=O)NC2CCC3CCCCC3C2)cn1. The highest BCUT2D eigenvalue weighted by Gasteiger charge is 2.32. The number of ether oxygens (including phenoxy) is 2. The summed E-state index contributed by atoms with van der Waals surface area (Å²) in [6.45, 7) is 0.980. The van der Waals surface area contributed by atoms with E-state index in [1.165, 1.54) is 32.1 Å². The molecule has 0 aliphatic heterocycles. The van der Waals surface area contributed by atoms with E-state index in [1.54, 1.807) is 25.4 Å². The van der Waals surface area contributed by atoms with Gasteiger partial charge in [0.25, 0.3) is 0 Å². The van der Waals surface area contributed by atoms with Gasteiger partial charge in [0.15, 0.2) is 0 Å². The lowest BCUT2D eigenvalue weighted by atomic mass is 9.69. The zero-order valence-electron chi connectivity index (χ0n) is 15.0. The Balaban J connectivity index is 1.43. The molecule has 0 radical (unpaired) electrons. The van der Waals surface area contributed by atoms with Crippen LogP contribution in [0.25, 0.3) is 0 Å². The van der Waals surface area contributed by atoms with Crippen LogP contribution < -0.4 is 15.4 Å². The first-order valence-corrected chi connectivity index (χ1v) is 9.40. The number of hydrogen-bond acceptors (Lipinski definition) is 4. The third kappa shape index (κ3) is 5.33. The highest BCUT2D eigenvalue weighted by atomic mass is 16.5. The normalized spacial score (nSPS) is 25.7. The topological polar surface area (TPSA) is 72.5 Å². The van der Waals surface area contributed by atoms with E-state index < -0.39 is 0 Å². The number of fused-ring (bicyclic) bond motifs is 1. The summed E-state index contributed by atoms with van der Waals surface area (Å²) < 4.78 is 10.3. The molecule has 1 aromatic rings. The van der Waals surface area contributed by atoms with Gasteiger partial charge < -0.3 is 20.1 Å². The fourth-order valence-corrected chi connectivity index (χ4v) is 4.13. The number of urea groups is 1. The summed E-state index contributed by atoms with van der Waals surface area (Å²) in [5.41, 5.74) is 0.669. The van der Waals surface area contributed by atoms with Crippen LogP contribution in [0.2, 0.25) is 0 Å². The molecule has 2 N–H and O–H groups in total. The van der Waals surface area contributed by atoms with Crippen LogP contribution in [0.5, 0.6) is 5.88 Å². The maximum atomic E-state index is 12.2. The van der Waals surface area contributed by atoms with E-state index in [0.717, 1.165) is 24.7 Å². The summed E-state index contributed by atoms with van der Waals surface area (Å²) in [4.78, 5) is 16.4. The van der Waals surface area contributed by atoms with E-state index in [1.807, 2.05) is 0 Å². The molecule has 3 unspecified atom stereocenters. The van der Waals surface area contributed by atoms with Crippen molar-refractivity contribution in [3.8, 4) is 5.88 Å². The smallest absolute Gasteiger partial charge is 0.319 e. The Bertz CT molecular complexity index is 549. The summed E-state index contributed by atoms with van der Waals surface area (Å²) in [6.07, 6.45) is 10.5. The molecular weight excluding hydrogens is 318 g/mol. The van der Waals surface area contributed by atoms with Gasteiger partial charge in [0.1, 0.15) is 6.61 Å². The Morgan fingerprint density at radius 3 is 2.76 bits per heavy atom. The molecule has 2 aliphatic rings. The summed E-state index contributed by atoms with van der Waals surface area (Å²) in [5.74, 6) is 2.22. The average Bonchev–Trinajstić information content (AvgIpc) is 2.63. The third-order valence-corrected chi connectivity index (χ3v) is 5.41. The minimum Gasteiger partial charge on any atom is -0.475 e. The maximum absolute atomic E-state index is 12.2. The van der Waals surface area contributed by atoms with Crippen molar-refractivity contribution in [2.75, 3.05) is 25.6 Å². The maximum Gasteiger partial charge on any atom is 0.319 e. The van der Waals surface area contributed by atoms with Crippen LogP contribution in [0.3, 0.4) is 0 Å². The van der Waals surface area contributed by atoms with Crippen LogP contribution in [0.4, 0.5) is 10.5 Å². The van der Waals surface area contributed by atoms with Gasteiger partial charge >= 0.3 is 6.03 Å². The molecule has 6 heteroatoms. The number of carbonyl (C=O) groups excluding carboxylic acids is 1. The molecule has 25 heavy (non-hydrogen) atoms. The average molecular weight is 347 g/mol. The molecule has 0 saturated heterocycles. The number of hydrogen-bond donors (Lipinski definition) is 2. The Morgan fingerprint density at radius 2 is 2.00 bits per heavy atom. The Hall–Kier alpha value is -1.82. The number of anilines is 1. The molecule has 3 atom stereocenters. The molecule has 2 fully saturated rings. The number of pyridine rings is 1. The van der Waals surface area contributed by atoms with Crippen LogP contribution in [0.15, 0.2) is 18.3 Å². The highest BCUT2D eigenvalue weighted by molar-refractivity contribution is 5.89. The number of methoxy groups -OCH3 is 1. The van der Waals surface area contributed by atoms with E-state index in [9.17, 15) is 4.79 Å². The molecule has 2 saturated carbocycles. The van der Waals surface area contributed by atoms with Crippen molar-refractivity contribution in [2.45, 2.75) is 51.0 Å². The van der Waals surface area contributed by atoms with Gasteiger partial charge in [-0.2, -0.15) is 0 Å². The van der Waals surface area contributed by atoms with Gasteiger partial charge in [-0.1, -0.05) is 25.7 Å². The predicted octanol–water partition coefficient (Wildman–Crippen LogP) is 3.59. The van der Waals surface area contributed by atoms with Crippen molar-refractivity contribution in [1.29, 1.82) is 0 Å². The molecule has 3 rings (SSSR count). The lowest BCUT2D eigenvalue weighted by Gasteiger charge is -2.39. The summed E-state index contributed by atoms with van der Waals surface area (Å²) in [7, 11) is 1.63. The van der Waals surface area contributed by atoms with E-state index in [4.69, 9.17) is 9.47 Å². The molecule has 6 nitrogen and oxygen atoms in total. The first kappa shape index (κ1) is 18.0. The Morgan fingerprint density at radius 1 is 1.16 bits per heavy atom. The van der Waals surface area contributed by atoms with E-state index >= 15 is 0 Å². The first-order chi connectivity index (χ1) is 12.2. The first-order valence-electron chi connectivity index (χ1n) is 9.40.